The van der Waals surface area contributed by atoms with E-state index < -0.39 is 5.97 Å². The fraction of sp³-hybridized carbons (Fsp3) is 0.231. The van der Waals surface area contributed by atoms with Crippen molar-refractivity contribution >= 4 is 11.7 Å². The molecule has 18 heavy (non-hydrogen) atoms. The van der Waals surface area contributed by atoms with Crippen molar-refractivity contribution in [2.75, 3.05) is 5.32 Å². The standard InChI is InChI=1S/C13H14N2O3/c1-2-11-7-15-12(18-11)8-14-10-5-3-9(4-6-10)13(16)17/h3-7,14H,2,8H2,1H3,(H,16,17). The molecule has 0 aliphatic carbocycles. The number of carboxylic acids is 1. The molecule has 0 atom stereocenters. The quantitative estimate of drug-likeness (QED) is 0.847. The lowest BCUT2D eigenvalue weighted by Gasteiger charge is -2.03. The summed E-state index contributed by atoms with van der Waals surface area (Å²) in [6.45, 7) is 2.48. The van der Waals surface area contributed by atoms with Crippen LogP contribution in [-0.2, 0) is 13.0 Å². The Balaban J connectivity index is 1.95. The van der Waals surface area contributed by atoms with Gasteiger partial charge in [0.15, 0.2) is 0 Å². The molecule has 0 bridgehead atoms. The monoisotopic (exact) mass is 246 g/mol. The number of nitrogens with one attached hydrogen (secondary N) is 1. The van der Waals surface area contributed by atoms with Crippen molar-refractivity contribution in [1.82, 2.24) is 4.98 Å². The molecule has 1 aromatic heterocycles. The Morgan fingerprint density at radius 3 is 2.67 bits per heavy atom. The molecule has 0 unspecified atom stereocenters. The number of aromatic carboxylic acids is 1. The van der Waals surface area contributed by atoms with E-state index in [2.05, 4.69) is 10.3 Å². The molecule has 2 rings (SSSR count). The number of oxazole rings is 1. The number of hydrogen-bond acceptors (Lipinski definition) is 4. The van der Waals surface area contributed by atoms with E-state index >= 15 is 0 Å². The predicted octanol–water partition coefficient (Wildman–Crippen LogP) is 2.55. The third-order valence-corrected chi connectivity index (χ3v) is 2.53. The van der Waals surface area contributed by atoms with Gasteiger partial charge in [-0.2, -0.15) is 0 Å². The molecular weight excluding hydrogens is 232 g/mol. The summed E-state index contributed by atoms with van der Waals surface area (Å²) in [5, 5.41) is 11.9. The molecule has 0 aliphatic rings. The highest BCUT2D eigenvalue weighted by Crippen LogP contribution is 2.11. The maximum Gasteiger partial charge on any atom is 0.335 e. The number of carbonyl (C=O) groups is 1. The Morgan fingerprint density at radius 2 is 2.11 bits per heavy atom. The lowest BCUT2D eigenvalue weighted by atomic mass is 10.2. The number of anilines is 1. The summed E-state index contributed by atoms with van der Waals surface area (Å²) >= 11 is 0. The summed E-state index contributed by atoms with van der Waals surface area (Å²) in [5.74, 6) is 0.545. The average Bonchev–Trinajstić information content (AvgIpc) is 2.85. The van der Waals surface area contributed by atoms with Crippen LogP contribution in [0.25, 0.3) is 0 Å². The summed E-state index contributed by atoms with van der Waals surface area (Å²) in [4.78, 5) is 14.8. The smallest absolute Gasteiger partial charge is 0.335 e. The van der Waals surface area contributed by atoms with Gasteiger partial charge in [0.25, 0.3) is 0 Å². The highest BCUT2D eigenvalue weighted by atomic mass is 16.4. The van der Waals surface area contributed by atoms with E-state index in [-0.39, 0.29) is 5.56 Å². The van der Waals surface area contributed by atoms with Crippen molar-refractivity contribution in [3.8, 4) is 0 Å². The molecule has 1 aromatic carbocycles. The Bertz CT molecular complexity index is 531. The molecule has 5 nitrogen and oxygen atoms in total. The zero-order valence-corrected chi connectivity index (χ0v) is 10.0. The second-order valence-electron chi connectivity index (χ2n) is 3.81. The van der Waals surface area contributed by atoms with Gasteiger partial charge in [0.1, 0.15) is 5.76 Å². The van der Waals surface area contributed by atoms with Gasteiger partial charge >= 0.3 is 5.97 Å². The molecule has 0 fully saturated rings. The second kappa shape index (κ2) is 5.35. The van der Waals surface area contributed by atoms with Crippen LogP contribution >= 0.6 is 0 Å². The molecule has 2 N–H and O–H groups in total. The van der Waals surface area contributed by atoms with Crippen molar-refractivity contribution in [3.05, 3.63) is 47.7 Å². The Hall–Kier alpha value is -2.30. The largest absolute Gasteiger partial charge is 0.478 e. The molecule has 0 saturated heterocycles. The zero-order chi connectivity index (χ0) is 13.0. The third kappa shape index (κ3) is 2.88. The molecule has 2 aromatic rings. The summed E-state index contributed by atoms with van der Waals surface area (Å²) < 4.78 is 5.45. The normalized spacial score (nSPS) is 10.3. The van der Waals surface area contributed by atoms with Gasteiger partial charge in [0.05, 0.1) is 18.3 Å². The van der Waals surface area contributed by atoms with Gasteiger partial charge in [-0.1, -0.05) is 6.92 Å². The molecule has 0 amide bonds. The minimum Gasteiger partial charge on any atom is -0.478 e. The molecule has 0 spiro atoms. The third-order valence-electron chi connectivity index (χ3n) is 2.53. The topological polar surface area (TPSA) is 75.4 Å². The number of aromatic nitrogens is 1. The van der Waals surface area contributed by atoms with Crippen LogP contribution in [0.5, 0.6) is 0 Å². The first-order chi connectivity index (χ1) is 8.69. The number of nitrogens with zero attached hydrogens (tertiary/aromatic N) is 1. The average molecular weight is 246 g/mol. The van der Waals surface area contributed by atoms with Gasteiger partial charge in [-0.05, 0) is 24.3 Å². The summed E-state index contributed by atoms with van der Waals surface area (Å²) in [7, 11) is 0. The Labute approximate surface area is 104 Å². The summed E-state index contributed by atoms with van der Waals surface area (Å²) in [6, 6.07) is 6.54. The first-order valence-electron chi connectivity index (χ1n) is 5.70. The number of rotatable bonds is 5. The minimum atomic E-state index is -0.929. The van der Waals surface area contributed by atoms with Crippen LogP contribution < -0.4 is 5.32 Å². The van der Waals surface area contributed by atoms with Crippen LogP contribution in [0.3, 0.4) is 0 Å². The summed E-state index contributed by atoms with van der Waals surface area (Å²) in [6.07, 6.45) is 2.53. The van der Waals surface area contributed by atoms with E-state index in [4.69, 9.17) is 9.52 Å². The molecule has 0 saturated carbocycles. The van der Waals surface area contributed by atoms with Gasteiger partial charge in [0.2, 0.25) is 5.89 Å². The van der Waals surface area contributed by atoms with E-state index in [1.807, 2.05) is 6.92 Å². The van der Waals surface area contributed by atoms with Crippen LogP contribution in [0.4, 0.5) is 5.69 Å². The van der Waals surface area contributed by atoms with Crippen LogP contribution in [0.15, 0.2) is 34.9 Å². The van der Waals surface area contributed by atoms with E-state index in [0.29, 0.717) is 12.4 Å². The number of hydrogen-bond donors (Lipinski definition) is 2. The maximum atomic E-state index is 10.7. The van der Waals surface area contributed by atoms with Gasteiger partial charge in [0, 0.05) is 12.1 Å². The van der Waals surface area contributed by atoms with Gasteiger partial charge in [-0.25, -0.2) is 9.78 Å². The minimum absolute atomic E-state index is 0.268. The van der Waals surface area contributed by atoms with Crippen molar-refractivity contribution in [2.45, 2.75) is 19.9 Å². The SMILES string of the molecule is CCc1cnc(CNc2ccc(C(=O)O)cc2)o1. The van der Waals surface area contributed by atoms with Crippen LogP contribution in [0.1, 0.15) is 28.9 Å². The zero-order valence-electron chi connectivity index (χ0n) is 10.0. The lowest BCUT2D eigenvalue weighted by molar-refractivity contribution is 0.0697. The molecular formula is C13H14N2O3. The first kappa shape index (κ1) is 12.2. The van der Waals surface area contributed by atoms with Crippen molar-refractivity contribution in [2.24, 2.45) is 0 Å². The molecule has 0 aliphatic heterocycles. The summed E-state index contributed by atoms with van der Waals surface area (Å²) in [5.41, 5.74) is 1.10. The van der Waals surface area contributed by atoms with Gasteiger partial charge < -0.3 is 14.8 Å². The molecule has 5 heteroatoms. The van der Waals surface area contributed by atoms with E-state index in [0.717, 1.165) is 17.9 Å². The van der Waals surface area contributed by atoms with Crippen molar-refractivity contribution < 1.29 is 14.3 Å². The van der Waals surface area contributed by atoms with Crippen molar-refractivity contribution in [1.29, 1.82) is 0 Å². The number of aryl methyl sites for hydroxylation is 1. The van der Waals surface area contributed by atoms with Gasteiger partial charge in [-0.3, -0.25) is 0 Å². The Morgan fingerprint density at radius 1 is 1.39 bits per heavy atom. The van der Waals surface area contributed by atoms with Crippen LogP contribution in [0, 0.1) is 0 Å². The van der Waals surface area contributed by atoms with Crippen LogP contribution in [-0.4, -0.2) is 16.1 Å². The lowest BCUT2D eigenvalue weighted by Crippen LogP contribution is -2.01. The second-order valence-corrected chi connectivity index (χ2v) is 3.81. The highest BCUT2D eigenvalue weighted by molar-refractivity contribution is 5.87. The molecule has 94 valence electrons. The maximum absolute atomic E-state index is 10.7. The fourth-order valence-corrected chi connectivity index (χ4v) is 1.50. The van der Waals surface area contributed by atoms with Gasteiger partial charge in [-0.15, -0.1) is 0 Å². The molecule has 1 heterocycles. The Kier molecular flexibility index (Phi) is 3.62. The highest BCUT2D eigenvalue weighted by Gasteiger charge is 2.04. The van der Waals surface area contributed by atoms with E-state index in [9.17, 15) is 4.79 Å². The van der Waals surface area contributed by atoms with Crippen molar-refractivity contribution in [3.63, 3.8) is 0 Å². The number of benzene rings is 1. The van der Waals surface area contributed by atoms with E-state index in [1.54, 1.807) is 30.5 Å². The van der Waals surface area contributed by atoms with E-state index in [1.165, 1.54) is 0 Å². The predicted molar refractivity (Wildman–Crippen MR) is 66.6 cm³/mol. The molecule has 0 radical (unpaired) electrons. The fourth-order valence-electron chi connectivity index (χ4n) is 1.50. The van der Waals surface area contributed by atoms with Crippen LogP contribution in [0.2, 0.25) is 0 Å². The number of carboxylic acid groups (broad SMARTS) is 1. The first-order valence-corrected chi connectivity index (χ1v) is 5.70.